The zero-order valence-electron chi connectivity index (χ0n) is 10.2. The SMILES string of the molecule is CC(C)(C)OC(=O)N1CCOC2CNCC21. The van der Waals surface area contributed by atoms with Crippen LogP contribution in [-0.4, -0.2) is 55.0 Å². The summed E-state index contributed by atoms with van der Waals surface area (Å²) in [5.41, 5.74) is -0.434. The molecule has 0 aromatic rings. The molecule has 2 atom stereocenters. The lowest BCUT2D eigenvalue weighted by molar-refractivity contribution is -0.0567. The molecule has 1 N–H and O–H groups in total. The van der Waals surface area contributed by atoms with Crippen LogP contribution >= 0.6 is 0 Å². The van der Waals surface area contributed by atoms with E-state index in [1.807, 2.05) is 20.8 Å². The van der Waals surface area contributed by atoms with Gasteiger partial charge in [-0.15, -0.1) is 0 Å². The molecule has 5 heteroatoms. The van der Waals surface area contributed by atoms with Gasteiger partial charge in [-0.25, -0.2) is 4.79 Å². The van der Waals surface area contributed by atoms with Gasteiger partial charge in [0.25, 0.3) is 0 Å². The van der Waals surface area contributed by atoms with Crippen molar-refractivity contribution in [2.24, 2.45) is 0 Å². The van der Waals surface area contributed by atoms with Gasteiger partial charge < -0.3 is 14.8 Å². The molecule has 0 bridgehead atoms. The second kappa shape index (κ2) is 4.22. The van der Waals surface area contributed by atoms with E-state index in [1.165, 1.54) is 0 Å². The van der Waals surface area contributed by atoms with E-state index in [1.54, 1.807) is 4.90 Å². The smallest absolute Gasteiger partial charge is 0.410 e. The van der Waals surface area contributed by atoms with Gasteiger partial charge in [-0.3, -0.25) is 4.90 Å². The summed E-state index contributed by atoms with van der Waals surface area (Å²) in [7, 11) is 0. The molecule has 0 aromatic carbocycles. The quantitative estimate of drug-likeness (QED) is 0.659. The number of carbonyl (C=O) groups excluding carboxylic acids is 1. The summed E-state index contributed by atoms with van der Waals surface area (Å²) >= 11 is 0. The summed E-state index contributed by atoms with van der Waals surface area (Å²) in [4.78, 5) is 13.8. The second-order valence-corrected chi connectivity index (χ2v) is 5.31. The highest BCUT2D eigenvalue weighted by atomic mass is 16.6. The van der Waals surface area contributed by atoms with E-state index in [0.29, 0.717) is 13.2 Å². The molecule has 1 amide bonds. The minimum atomic E-state index is -0.434. The maximum Gasteiger partial charge on any atom is 0.410 e. The molecule has 92 valence electrons. The molecule has 2 aliphatic rings. The summed E-state index contributed by atoms with van der Waals surface area (Å²) in [6, 6.07) is 0.128. The normalized spacial score (nSPS) is 30.1. The first kappa shape index (κ1) is 11.7. The molecule has 16 heavy (non-hydrogen) atoms. The van der Waals surface area contributed by atoms with E-state index in [-0.39, 0.29) is 18.2 Å². The Morgan fingerprint density at radius 3 is 2.88 bits per heavy atom. The van der Waals surface area contributed by atoms with Crippen molar-refractivity contribution < 1.29 is 14.3 Å². The van der Waals surface area contributed by atoms with E-state index in [0.717, 1.165) is 13.1 Å². The topological polar surface area (TPSA) is 50.8 Å². The van der Waals surface area contributed by atoms with Crippen LogP contribution < -0.4 is 5.32 Å². The van der Waals surface area contributed by atoms with Gasteiger partial charge in [-0.2, -0.15) is 0 Å². The zero-order chi connectivity index (χ0) is 11.8. The van der Waals surface area contributed by atoms with Crippen LogP contribution in [0.1, 0.15) is 20.8 Å². The number of fused-ring (bicyclic) bond motifs is 1. The minimum absolute atomic E-state index is 0.126. The molecule has 0 aliphatic carbocycles. The van der Waals surface area contributed by atoms with E-state index < -0.39 is 5.60 Å². The molecule has 0 spiro atoms. The van der Waals surface area contributed by atoms with Gasteiger partial charge in [0.15, 0.2) is 0 Å². The van der Waals surface area contributed by atoms with Crippen LogP contribution in [0, 0.1) is 0 Å². The Kier molecular flexibility index (Phi) is 3.08. The Hall–Kier alpha value is -0.810. The fourth-order valence-electron chi connectivity index (χ4n) is 2.14. The average Bonchev–Trinajstić information content (AvgIpc) is 2.61. The van der Waals surface area contributed by atoms with Crippen LogP contribution in [0.15, 0.2) is 0 Å². The zero-order valence-corrected chi connectivity index (χ0v) is 10.2. The predicted octanol–water partition coefficient (Wildman–Crippen LogP) is 0.594. The largest absolute Gasteiger partial charge is 0.444 e. The third-order valence-corrected chi connectivity index (χ3v) is 2.82. The van der Waals surface area contributed by atoms with Gasteiger partial charge in [0.05, 0.1) is 18.8 Å². The number of nitrogens with one attached hydrogen (secondary N) is 1. The monoisotopic (exact) mass is 228 g/mol. The van der Waals surface area contributed by atoms with Gasteiger partial charge in [0.2, 0.25) is 0 Å². The van der Waals surface area contributed by atoms with Crippen LogP contribution in [0.5, 0.6) is 0 Å². The summed E-state index contributed by atoms with van der Waals surface area (Å²) in [5.74, 6) is 0. The third kappa shape index (κ3) is 2.47. The number of morpholine rings is 1. The molecule has 2 fully saturated rings. The van der Waals surface area contributed by atoms with E-state index >= 15 is 0 Å². The Morgan fingerprint density at radius 2 is 2.19 bits per heavy atom. The molecule has 0 radical (unpaired) electrons. The molecule has 2 saturated heterocycles. The third-order valence-electron chi connectivity index (χ3n) is 2.82. The number of carbonyl (C=O) groups is 1. The minimum Gasteiger partial charge on any atom is -0.444 e. The van der Waals surface area contributed by atoms with Crippen molar-refractivity contribution in [2.45, 2.75) is 38.5 Å². The van der Waals surface area contributed by atoms with Crippen molar-refractivity contribution >= 4 is 6.09 Å². The second-order valence-electron chi connectivity index (χ2n) is 5.31. The molecular weight excluding hydrogens is 208 g/mol. The summed E-state index contributed by atoms with van der Waals surface area (Å²) < 4.78 is 11.0. The van der Waals surface area contributed by atoms with Gasteiger partial charge in [0, 0.05) is 19.6 Å². The standard InChI is InChI=1S/C11H20N2O3/c1-11(2,3)16-10(14)13-4-5-15-9-7-12-6-8(9)13/h8-9,12H,4-7H2,1-3H3. The van der Waals surface area contributed by atoms with Crippen molar-refractivity contribution in [3.8, 4) is 0 Å². The van der Waals surface area contributed by atoms with E-state index in [9.17, 15) is 4.79 Å². The number of ether oxygens (including phenoxy) is 2. The Morgan fingerprint density at radius 1 is 1.44 bits per heavy atom. The van der Waals surface area contributed by atoms with Crippen LogP contribution in [0.25, 0.3) is 0 Å². The average molecular weight is 228 g/mol. The van der Waals surface area contributed by atoms with Crippen LogP contribution in [-0.2, 0) is 9.47 Å². The molecule has 0 aromatic heterocycles. The van der Waals surface area contributed by atoms with Crippen LogP contribution in [0.4, 0.5) is 4.79 Å². The van der Waals surface area contributed by atoms with Gasteiger partial charge in [0.1, 0.15) is 5.60 Å². The molecular formula is C11H20N2O3. The fraction of sp³-hybridized carbons (Fsp3) is 0.909. The van der Waals surface area contributed by atoms with Crippen LogP contribution in [0.3, 0.4) is 0 Å². The van der Waals surface area contributed by atoms with Crippen molar-refractivity contribution in [3.05, 3.63) is 0 Å². The summed E-state index contributed by atoms with van der Waals surface area (Å²) in [5, 5.41) is 3.24. The molecule has 2 rings (SSSR count). The molecule has 0 saturated carbocycles. The first-order chi connectivity index (χ1) is 7.47. The fourth-order valence-corrected chi connectivity index (χ4v) is 2.14. The van der Waals surface area contributed by atoms with Crippen molar-refractivity contribution in [1.82, 2.24) is 10.2 Å². The number of amides is 1. The number of hydrogen-bond donors (Lipinski definition) is 1. The van der Waals surface area contributed by atoms with Crippen molar-refractivity contribution in [1.29, 1.82) is 0 Å². The first-order valence-electron chi connectivity index (χ1n) is 5.79. The summed E-state index contributed by atoms with van der Waals surface area (Å²) in [6.45, 7) is 8.49. The Bertz CT molecular complexity index is 275. The van der Waals surface area contributed by atoms with Crippen molar-refractivity contribution in [3.63, 3.8) is 0 Å². The Balaban J connectivity index is 2.00. The Labute approximate surface area is 96.1 Å². The number of nitrogens with zero attached hydrogens (tertiary/aromatic N) is 1. The molecule has 2 aliphatic heterocycles. The molecule has 2 heterocycles. The lowest BCUT2D eigenvalue weighted by Crippen LogP contribution is -2.54. The van der Waals surface area contributed by atoms with E-state index in [4.69, 9.17) is 9.47 Å². The van der Waals surface area contributed by atoms with Gasteiger partial charge in [-0.05, 0) is 20.8 Å². The van der Waals surface area contributed by atoms with Gasteiger partial charge >= 0.3 is 6.09 Å². The molecule has 5 nitrogen and oxygen atoms in total. The first-order valence-corrected chi connectivity index (χ1v) is 5.79. The van der Waals surface area contributed by atoms with Gasteiger partial charge in [-0.1, -0.05) is 0 Å². The lowest BCUT2D eigenvalue weighted by Gasteiger charge is -2.37. The predicted molar refractivity (Wildman–Crippen MR) is 59.3 cm³/mol. The van der Waals surface area contributed by atoms with Crippen molar-refractivity contribution in [2.75, 3.05) is 26.2 Å². The molecule has 2 unspecified atom stereocenters. The number of rotatable bonds is 0. The highest BCUT2D eigenvalue weighted by Crippen LogP contribution is 2.20. The highest BCUT2D eigenvalue weighted by Gasteiger charge is 2.39. The summed E-state index contributed by atoms with van der Waals surface area (Å²) in [6.07, 6.45) is -0.101. The maximum atomic E-state index is 12.0. The highest BCUT2D eigenvalue weighted by molar-refractivity contribution is 5.69. The number of hydrogen-bond acceptors (Lipinski definition) is 4. The van der Waals surface area contributed by atoms with Crippen LogP contribution in [0.2, 0.25) is 0 Å². The lowest BCUT2D eigenvalue weighted by atomic mass is 10.1. The van der Waals surface area contributed by atoms with E-state index in [2.05, 4.69) is 5.32 Å². The maximum absolute atomic E-state index is 12.0.